The van der Waals surface area contributed by atoms with Crippen LogP contribution in [-0.2, 0) is 0 Å². The van der Waals surface area contributed by atoms with Crippen LogP contribution in [0.4, 0.5) is 0 Å². The summed E-state index contributed by atoms with van der Waals surface area (Å²) in [7, 11) is 0. The first-order valence-electron chi connectivity index (χ1n) is 5.43. The van der Waals surface area contributed by atoms with E-state index in [4.69, 9.17) is 0 Å². The van der Waals surface area contributed by atoms with Crippen molar-refractivity contribution in [2.45, 2.75) is 46.2 Å². The summed E-state index contributed by atoms with van der Waals surface area (Å²) in [5.41, 5.74) is 1.41. The van der Waals surface area contributed by atoms with Crippen LogP contribution in [0.3, 0.4) is 0 Å². The SMILES string of the molecule is CCC(C)C(C)NC(C)c1ccsc1. The summed E-state index contributed by atoms with van der Waals surface area (Å²) >= 11 is 1.77. The average Bonchev–Trinajstić information content (AvgIpc) is 2.69. The van der Waals surface area contributed by atoms with Gasteiger partial charge in [0.15, 0.2) is 0 Å². The minimum Gasteiger partial charge on any atom is -0.307 e. The van der Waals surface area contributed by atoms with Crippen molar-refractivity contribution in [1.29, 1.82) is 0 Å². The topological polar surface area (TPSA) is 12.0 Å². The molecule has 2 heteroatoms. The van der Waals surface area contributed by atoms with E-state index in [0.29, 0.717) is 12.1 Å². The van der Waals surface area contributed by atoms with Gasteiger partial charge in [0.2, 0.25) is 0 Å². The van der Waals surface area contributed by atoms with Crippen LogP contribution in [0.5, 0.6) is 0 Å². The zero-order valence-corrected chi connectivity index (χ0v) is 10.4. The molecule has 1 heterocycles. The van der Waals surface area contributed by atoms with Crippen LogP contribution in [0.15, 0.2) is 16.8 Å². The van der Waals surface area contributed by atoms with Crippen LogP contribution in [-0.4, -0.2) is 6.04 Å². The Balaban J connectivity index is 2.44. The van der Waals surface area contributed by atoms with Crippen LogP contribution in [0.1, 0.15) is 45.7 Å². The van der Waals surface area contributed by atoms with E-state index in [1.807, 2.05) is 0 Å². The molecule has 0 saturated heterocycles. The van der Waals surface area contributed by atoms with Gasteiger partial charge in [-0.1, -0.05) is 20.3 Å². The minimum absolute atomic E-state index is 0.477. The van der Waals surface area contributed by atoms with E-state index >= 15 is 0 Å². The fourth-order valence-corrected chi connectivity index (χ4v) is 2.28. The Bertz CT molecular complexity index is 243. The molecule has 0 aliphatic rings. The highest BCUT2D eigenvalue weighted by Crippen LogP contribution is 2.18. The molecule has 1 nitrogen and oxygen atoms in total. The van der Waals surface area contributed by atoms with Crippen molar-refractivity contribution >= 4 is 11.3 Å². The van der Waals surface area contributed by atoms with Crippen LogP contribution in [0, 0.1) is 5.92 Å². The Morgan fingerprint density at radius 1 is 1.36 bits per heavy atom. The summed E-state index contributed by atoms with van der Waals surface area (Å²) in [6.07, 6.45) is 1.24. The van der Waals surface area contributed by atoms with Gasteiger partial charge < -0.3 is 5.32 Å². The second kappa shape index (κ2) is 5.52. The summed E-state index contributed by atoms with van der Waals surface area (Å²) in [6.45, 7) is 9.06. The Morgan fingerprint density at radius 2 is 2.07 bits per heavy atom. The molecule has 0 aromatic carbocycles. The lowest BCUT2D eigenvalue weighted by molar-refractivity contribution is 0.360. The lowest BCUT2D eigenvalue weighted by atomic mass is 9.99. The van der Waals surface area contributed by atoms with E-state index in [1.165, 1.54) is 12.0 Å². The van der Waals surface area contributed by atoms with Gasteiger partial charge in [0.05, 0.1) is 0 Å². The zero-order chi connectivity index (χ0) is 10.6. The molecule has 0 saturated carbocycles. The van der Waals surface area contributed by atoms with Crippen LogP contribution in [0.25, 0.3) is 0 Å². The van der Waals surface area contributed by atoms with E-state index in [0.717, 1.165) is 5.92 Å². The van der Waals surface area contributed by atoms with Gasteiger partial charge in [0, 0.05) is 12.1 Å². The fourth-order valence-electron chi connectivity index (χ4n) is 1.53. The second-order valence-electron chi connectivity index (χ2n) is 4.12. The fraction of sp³-hybridized carbons (Fsp3) is 0.667. The molecule has 0 amide bonds. The van der Waals surface area contributed by atoms with E-state index < -0.39 is 0 Å². The van der Waals surface area contributed by atoms with Crippen LogP contribution >= 0.6 is 11.3 Å². The molecule has 0 bridgehead atoms. The predicted molar refractivity (Wildman–Crippen MR) is 64.8 cm³/mol. The molecule has 1 aromatic rings. The Kier molecular flexibility index (Phi) is 4.63. The van der Waals surface area contributed by atoms with Crippen molar-refractivity contribution in [2.75, 3.05) is 0 Å². The van der Waals surface area contributed by atoms with Gasteiger partial charge in [-0.2, -0.15) is 11.3 Å². The van der Waals surface area contributed by atoms with Crippen molar-refractivity contribution in [3.63, 3.8) is 0 Å². The molecule has 14 heavy (non-hydrogen) atoms. The largest absolute Gasteiger partial charge is 0.307 e. The van der Waals surface area contributed by atoms with Crippen molar-refractivity contribution in [2.24, 2.45) is 5.92 Å². The van der Waals surface area contributed by atoms with Crippen molar-refractivity contribution in [1.82, 2.24) is 5.32 Å². The third-order valence-corrected chi connectivity index (χ3v) is 3.76. The summed E-state index contributed by atoms with van der Waals surface area (Å²) in [5.74, 6) is 0.746. The number of hydrogen-bond acceptors (Lipinski definition) is 2. The summed E-state index contributed by atoms with van der Waals surface area (Å²) in [4.78, 5) is 0. The maximum Gasteiger partial charge on any atom is 0.0302 e. The minimum atomic E-state index is 0.477. The number of rotatable bonds is 5. The standard InChI is InChI=1S/C12H21NS/c1-5-9(2)10(3)13-11(4)12-6-7-14-8-12/h6-11,13H,5H2,1-4H3. The molecule has 0 radical (unpaired) electrons. The molecule has 0 aliphatic heterocycles. The van der Waals surface area contributed by atoms with E-state index in [1.54, 1.807) is 11.3 Å². The molecule has 3 unspecified atom stereocenters. The number of nitrogens with one attached hydrogen (secondary N) is 1. The number of thiophene rings is 1. The molecular weight excluding hydrogens is 190 g/mol. The monoisotopic (exact) mass is 211 g/mol. The third-order valence-electron chi connectivity index (χ3n) is 3.05. The Morgan fingerprint density at radius 3 is 2.57 bits per heavy atom. The normalized spacial score (nSPS) is 17.7. The van der Waals surface area contributed by atoms with Gasteiger partial charge in [-0.25, -0.2) is 0 Å². The highest BCUT2D eigenvalue weighted by Gasteiger charge is 2.13. The smallest absolute Gasteiger partial charge is 0.0302 e. The van der Waals surface area contributed by atoms with Gasteiger partial charge in [0.25, 0.3) is 0 Å². The van der Waals surface area contributed by atoms with Gasteiger partial charge in [-0.3, -0.25) is 0 Å². The average molecular weight is 211 g/mol. The van der Waals surface area contributed by atoms with Crippen molar-refractivity contribution < 1.29 is 0 Å². The van der Waals surface area contributed by atoms with Crippen LogP contribution < -0.4 is 5.32 Å². The molecule has 1 aromatic heterocycles. The zero-order valence-electron chi connectivity index (χ0n) is 9.58. The third kappa shape index (κ3) is 3.10. The van der Waals surface area contributed by atoms with Crippen LogP contribution in [0.2, 0.25) is 0 Å². The van der Waals surface area contributed by atoms with Crippen molar-refractivity contribution in [3.8, 4) is 0 Å². The van der Waals surface area contributed by atoms with Gasteiger partial charge >= 0.3 is 0 Å². The Labute approximate surface area is 91.5 Å². The first kappa shape index (κ1) is 11.7. The lowest BCUT2D eigenvalue weighted by Crippen LogP contribution is -2.33. The molecular formula is C12H21NS. The van der Waals surface area contributed by atoms with E-state index in [9.17, 15) is 0 Å². The predicted octanol–water partition coefficient (Wildman–Crippen LogP) is 3.83. The molecule has 0 fully saturated rings. The molecule has 80 valence electrons. The van der Waals surface area contributed by atoms with Crippen molar-refractivity contribution in [3.05, 3.63) is 22.4 Å². The van der Waals surface area contributed by atoms with Gasteiger partial charge in [0.1, 0.15) is 0 Å². The Hall–Kier alpha value is -0.340. The van der Waals surface area contributed by atoms with Gasteiger partial charge in [-0.15, -0.1) is 0 Å². The molecule has 0 aliphatic carbocycles. The quantitative estimate of drug-likeness (QED) is 0.780. The molecule has 0 spiro atoms. The first-order chi connectivity index (χ1) is 6.65. The maximum absolute atomic E-state index is 3.64. The van der Waals surface area contributed by atoms with Gasteiger partial charge in [-0.05, 0) is 42.2 Å². The van der Waals surface area contributed by atoms with E-state index in [2.05, 4.69) is 49.8 Å². The summed E-state index contributed by atoms with van der Waals surface area (Å²) in [6, 6.07) is 3.27. The number of hydrogen-bond donors (Lipinski definition) is 1. The first-order valence-corrected chi connectivity index (χ1v) is 6.37. The second-order valence-corrected chi connectivity index (χ2v) is 4.90. The molecule has 1 rings (SSSR count). The summed E-state index contributed by atoms with van der Waals surface area (Å²) in [5, 5.41) is 8.00. The van der Waals surface area contributed by atoms with E-state index in [-0.39, 0.29) is 0 Å². The summed E-state index contributed by atoms with van der Waals surface area (Å²) < 4.78 is 0. The molecule has 1 N–H and O–H groups in total. The maximum atomic E-state index is 3.64. The molecule has 3 atom stereocenters. The highest BCUT2D eigenvalue weighted by atomic mass is 32.1. The lowest BCUT2D eigenvalue weighted by Gasteiger charge is -2.24. The highest BCUT2D eigenvalue weighted by molar-refractivity contribution is 7.07.